The standard InChI is InChI=1S/C12H23N3S/c1-5-13-12(9-16-10(2)3)8-11-6-7-15(4)14-11/h6-7,10,12-13H,5,8-9H2,1-4H3. The highest BCUT2D eigenvalue weighted by molar-refractivity contribution is 7.99. The average molecular weight is 241 g/mol. The number of nitrogens with zero attached hydrogens (tertiary/aromatic N) is 2. The van der Waals surface area contributed by atoms with Gasteiger partial charge in [-0.1, -0.05) is 20.8 Å². The van der Waals surface area contributed by atoms with Crippen molar-refractivity contribution in [1.82, 2.24) is 15.1 Å². The molecule has 16 heavy (non-hydrogen) atoms. The number of hydrogen-bond donors (Lipinski definition) is 1. The zero-order valence-corrected chi connectivity index (χ0v) is 11.5. The normalized spacial score (nSPS) is 13.3. The number of aryl methyl sites for hydroxylation is 1. The van der Waals surface area contributed by atoms with Gasteiger partial charge in [0.05, 0.1) is 5.69 Å². The summed E-state index contributed by atoms with van der Waals surface area (Å²) in [5.74, 6) is 1.15. The summed E-state index contributed by atoms with van der Waals surface area (Å²) in [5, 5.41) is 8.65. The lowest BCUT2D eigenvalue weighted by Crippen LogP contribution is -2.33. The summed E-state index contributed by atoms with van der Waals surface area (Å²) in [5.41, 5.74) is 1.18. The van der Waals surface area contributed by atoms with Crippen molar-refractivity contribution in [3.8, 4) is 0 Å². The maximum Gasteiger partial charge on any atom is 0.0640 e. The molecule has 0 fully saturated rings. The molecule has 0 radical (unpaired) electrons. The van der Waals surface area contributed by atoms with Crippen LogP contribution in [0, 0.1) is 0 Å². The smallest absolute Gasteiger partial charge is 0.0640 e. The van der Waals surface area contributed by atoms with Crippen LogP contribution in [0.4, 0.5) is 0 Å². The number of rotatable bonds is 7. The molecule has 0 bridgehead atoms. The van der Waals surface area contributed by atoms with E-state index in [1.165, 1.54) is 5.69 Å². The van der Waals surface area contributed by atoms with E-state index >= 15 is 0 Å². The van der Waals surface area contributed by atoms with Crippen LogP contribution in [-0.2, 0) is 13.5 Å². The number of nitrogens with one attached hydrogen (secondary N) is 1. The summed E-state index contributed by atoms with van der Waals surface area (Å²) in [6, 6.07) is 2.64. The minimum absolute atomic E-state index is 0.535. The van der Waals surface area contributed by atoms with E-state index in [1.807, 2.05) is 29.7 Å². The average Bonchev–Trinajstić information content (AvgIpc) is 2.61. The highest BCUT2D eigenvalue weighted by Crippen LogP contribution is 2.12. The van der Waals surface area contributed by atoms with E-state index in [-0.39, 0.29) is 0 Å². The fraction of sp³-hybridized carbons (Fsp3) is 0.750. The van der Waals surface area contributed by atoms with Crippen molar-refractivity contribution < 1.29 is 0 Å². The first-order valence-corrected chi connectivity index (χ1v) is 7.00. The summed E-state index contributed by atoms with van der Waals surface area (Å²) in [6.07, 6.45) is 3.03. The predicted molar refractivity (Wildman–Crippen MR) is 72.0 cm³/mol. The van der Waals surface area contributed by atoms with Gasteiger partial charge in [-0.15, -0.1) is 0 Å². The van der Waals surface area contributed by atoms with E-state index in [9.17, 15) is 0 Å². The van der Waals surface area contributed by atoms with Crippen LogP contribution in [-0.4, -0.2) is 33.4 Å². The van der Waals surface area contributed by atoms with Gasteiger partial charge in [0.2, 0.25) is 0 Å². The van der Waals surface area contributed by atoms with Crippen LogP contribution in [0.1, 0.15) is 26.5 Å². The van der Waals surface area contributed by atoms with Crippen molar-refractivity contribution in [2.24, 2.45) is 7.05 Å². The first kappa shape index (κ1) is 13.6. The molecule has 0 amide bonds. The van der Waals surface area contributed by atoms with Crippen LogP contribution in [0.5, 0.6) is 0 Å². The highest BCUT2D eigenvalue weighted by Gasteiger charge is 2.11. The topological polar surface area (TPSA) is 29.9 Å². The molecule has 1 aromatic rings. The second kappa shape index (κ2) is 6.97. The van der Waals surface area contributed by atoms with Crippen LogP contribution in [0.25, 0.3) is 0 Å². The van der Waals surface area contributed by atoms with Crippen molar-refractivity contribution in [2.75, 3.05) is 12.3 Å². The van der Waals surface area contributed by atoms with Crippen molar-refractivity contribution >= 4 is 11.8 Å². The Hall–Kier alpha value is -0.480. The lowest BCUT2D eigenvalue weighted by Gasteiger charge is -2.17. The van der Waals surface area contributed by atoms with E-state index in [1.54, 1.807) is 0 Å². The van der Waals surface area contributed by atoms with Crippen LogP contribution >= 0.6 is 11.8 Å². The first-order chi connectivity index (χ1) is 7.61. The molecule has 3 nitrogen and oxygen atoms in total. The second-order valence-corrected chi connectivity index (χ2v) is 5.93. The number of hydrogen-bond acceptors (Lipinski definition) is 3. The van der Waals surface area contributed by atoms with Gasteiger partial charge in [0.25, 0.3) is 0 Å². The Morgan fingerprint density at radius 1 is 1.50 bits per heavy atom. The second-order valence-electron chi connectivity index (χ2n) is 4.32. The molecule has 92 valence electrons. The van der Waals surface area contributed by atoms with E-state index < -0.39 is 0 Å². The fourth-order valence-electron chi connectivity index (χ4n) is 1.61. The monoisotopic (exact) mass is 241 g/mol. The van der Waals surface area contributed by atoms with Gasteiger partial charge in [0, 0.05) is 31.5 Å². The highest BCUT2D eigenvalue weighted by atomic mass is 32.2. The molecule has 1 atom stereocenters. The van der Waals surface area contributed by atoms with Gasteiger partial charge in [0.1, 0.15) is 0 Å². The van der Waals surface area contributed by atoms with E-state index in [0.29, 0.717) is 11.3 Å². The molecule has 0 saturated carbocycles. The van der Waals surface area contributed by atoms with Gasteiger partial charge in [-0.25, -0.2) is 0 Å². The fourth-order valence-corrected chi connectivity index (χ4v) is 2.46. The Labute approximate surface area is 103 Å². The van der Waals surface area contributed by atoms with E-state index in [2.05, 4.69) is 37.3 Å². The molecule has 0 spiro atoms. The van der Waals surface area contributed by atoms with Crippen LogP contribution < -0.4 is 5.32 Å². The summed E-state index contributed by atoms with van der Waals surface area (Å²) in [6.45, 7) is 7.67. The number of aromatic nitrogens is 2. The van der Waals surface area contributed by atoms with Crippen molar-refractivity contribution in [3.63, 3.8) is 0 Å². The maximum atomic E-state index is 4.43. The SMILES string of the molecule is CCNC(CSC(C)C)Cc1ccn(C)n1. The number of likely N-dealkylation sites (N-methyl/N-ethyl adjacent to an activating group) is 1. The maximum absolute atomic E-state index is 4.43. The van der Waals surface area contributed by atoms with Gasteiger partial charge in [-0.05, 0) is 17.9 Å². The summed E-state index contributed by atoms with van der Waals surface area (Å²) in [4.78, 5) is 0. The summed E-state index contributed by atoms with van der Waals surface area (Å²) >= 11 is 2.01. The zero-order valence-electron chi connectivity index (χ0n) is 10.7. The minimum atomic E-state index is 0.535. The van der Waals surface area contributed by atoms with Gasteiger partial charge < -0.3 is 5.32 Å². The van der Waals surface area contributed by atoms with Crippen LogP contribution in [0.3, 0.4) is 0 Å². The zero-order chi connectivity index (χ0) is 12.0. The van der Waals surface area contributed by atoms with Crippen molar-refractivity contribution in [2.45, 2.75) is 38.5 Å². The molecule has 4 heteroatoms. The van der Waals surface area contributed by atoms with Gasteiger partial charge in [-0.2, -0.15) is 16.9 Å². The Kier molecular flexibility index (Phi) is 5.91. The van der Waals surface area contributed by atoms with Crippen molar-refractivity contribution in [1.29, 1.82) is 0 Å². The largest absolute Gasteiger partial charge is 0.313 e. The molecule has 1 unspecified atom stereocenters. The van der Waals surface area contributed by atoms with Gasteiger partial charge >= 0.3 is 0 Å². The molecular formula is C12H23N3S. The third-order valence-corrected chi connectivity index (χ3v) is 3.61. The quantitative estimate of drug-likeness (QED) is 0.792. The number of thioether (sulfide) groups is 1. The van der Waals surface area contributed by atoms with E-state index in [0.717, 1.165) is 18.7 Å². The lowest BCUT2D eigenvalue weighted by molar-refractivity contribution is 0.561. The van der Waals surface area contributed by atoms with Crippen molar-refractivity contribution in [3.05, 3.63) is 18.0 Å². The molecule has 1 heterocycles. The van der Waals surface area contributed by atoms with Gasteiger partial charge in [0.15, 0.2) is 0 Å². The third-order valence-electron chi connectivity index (χ3n) is 2.35. The van der Waals surface area contributed by atoms with E-state index in [4.69, 9.17) is 0 Å². The molecule has 0 aliphatic heterocycles. The Morgan fingerprint density at radius 3 is 2.75 bits per heavy atom. The third kappa shape index (κ3) is 5.03. The predicted octanol–water partition coefficient (Wildman–Crippen LogP) is 2.08. The molecule has 1 aromatic heterocycles. The van der Waals surface area contributed by atoms with Gasteiger partial charge in [-0.3, -0.25) is 4.68 Å². The molecule has 0 aromatic carbocycles. The van der Waals surface area contributed by atoms with Crippen LogP contribution in [0.15, 0.2) is 12.3 Å². The Bertz CT molecular complexity index is 296. The molecule has 0 aliphatic carbocycles. The summed E-state index contributed by atoms with van der Waals surface area (Å²) < 4.78 is 1.87. The first-order valence-electron chi connectivity index (χ1n) is 5.95. The molecule has 0 aliphatic rings. The Morgan fingerprint density at radius 2 is 2.25 bits per heavy atom. The molecule has 0 saturated heterocycles. The Balaban J connectivity index is 2.43. The lowest BCUT2D eigenvalue weighted by atomic mass is 10.2. The van der Waals surface area contributed by atoms with Crippen LogP contribution in [0.2, 0.25) is 0 Å². The minimum Gasteiger partial charge on any atom is -0.313 e. The summed E-state index contributed by atoms with van der Waals surface area (Å²) in [7, 11) is 1.97. The molecule has 1 N–H and O–H groups in total. The molecule has 1 rings (SSSR count). The molecular weight excluding hydrogens is 218 g/mol.